The Hall–Kier alpha value is -2.72. The fourth-order valence-electron chi connectivity index (χ4n) is 3.61. The van der Waals surface area contributed by atoms with Gasteiger partial charge in [0.1, 0.15) is 5.58 Å². The molecule has 0 spiro atoms. The van der Waals surface area contributed by atoms with Crippen molar-refractivity contribution >= 4 is 43.5 Å². The summed E-state index contributed by atoms with van der Waals surface area (Å²) in [6.07, 6.45) is 0.299. The van der Waals surface area contributed by atoms with Crippen molar-refractivity contribution in [3.05, 3.63) is 59.2 Å². The minimum atomic E-state index is -1.46. The van der Waals surface area contributed by atoms with Gasteiger partial charge in [0.05, 0.1) is 10.4 Å². The van der Waals surface area contributed by atoms with E-state index in [9.17, 15) is 0 Å². The van der Waals surface area contributed by atoms with E-state index < -0.39 is 11.8 Å². The number of nitrogens with zero attached hydrogens (tertiary/aromatic N) is 2. The number of thiophene rings is 1. The van der Waals surface area contributed by atoms with Gasteiger partial charge in [0, 0.05) is 31.0 Å². The summed E-state index contributed by atoms with van der Waals surface area (Å²) in [5, 5.41) is 4.84. The summed E-state index contributed by atoms with van der Waals surface area (Å²) in [5.74, 6) is 0. The summed E-state index contributed by atoms with van der Waals surface area (Å²) in [5.41, 5.74) is 4.21. The number of rotatable bonds is 2. The third-order valence-electron chi connectivity index (χ3n) is 4.76. The van der Waals surface area contributed by atoms with Crippen LogP contribution in [0.15, 0.2) is 52.4 Å². The van der Waals surface area contributed by atoms with Crippen molar-refractivity contribution in [1.82, 2.24) is 9.97 Å². The number of para-hydroxylation sites is 1. The van der Waals surface area contributed by atoms with E-state index in [4.69, 9.17) is 7.16 Å². The van der Waals surface area contributed by atoms with E-state index in [0.29, 0.717) is 11.3 Å². The molecule has 140 valence electrons. The van der Waals surface area contributed by atoms with Crippen LogP contribution >= 0.6 is 11.3 Å². The quantitative estimate of drug-likeness (QED) is 0.322. The lowest BCUT2D eigenvalue weighted by Crippen LogP contribution is -2.08. The van der Waals surface area contributed by atoms with Crippen LogP contribution in [0.3, 0.4) is 0 Å². The van der Waals surface area contributed by atoms with Crippen LogP contribution in [0.4, 0.5) is 0 Å². The summed E-state index contributed by atoms with van der Waals surface area (Å²) in [4.78, 5) is 9.22. The average molecular weight is 389 g/mol. The second-order valence-electron chi connectivity index (χ2n) is 8.15. The number of fused-ring (bicyclic) bond motifs is 4. The van der Waals surface area contributed by atoms with Crippen LogP contribution in [0.5, 0.6) is 0 Å². The summed E-state index contributed by atoms with van der Waals surface area (Å²) in [6, 6.07) is 12.0. The second kappa shape index (κ2) is 6.14. The van der Waals surface area contributed by atoms with Crippen LogP contribution in [-0.2, 0) is 6.37 Å². The number of hydrogen-bond acceptors (Lipinski definition) is 4. The number of hydrogen-bond donors (Lipinski definition) is 0. The van der Waals surface area contributed by atoms with Crippen LogP contribution in [0.25, 0.3) is 43.4 Å². The van der Waals surface area contributed by atoms with E-state index in [1.807, 2.05) is 69.5 Å². The van der Waals surface area contributed by atoms with Crippen molar-refractivity contribution in [1.29, 1.82) is 0 Å². The van der Waals surface area contributed by atoms with Crippen molar-refractivity contribution in [3.63, 3.8) is 0 Å². The molecule has 0 saturated heterocycles. The largest absolute Gasteiger partial charge is 0.437 e. The third-order valence-corrected chi connectivity index (χ3v) is 5.76. The average Bonchev–Trinajstić information content (AvgIpc) is 3.28. The molecule has 0 aliphatic carbocycles. The van der Waals surface area contributed by atoms with Gasteiger partial charge in [-0.3, -0.25) is 4.98 Å². The van der Waals surface area contributed by atoms with Crippen LogP contribution in [-0.4, -0.2) is 9.97 Å². The Labute approximate surface area is 170 Å². The minimum absolute atomic E-state index is 0.521. The van der Waals surface area contributed by atoms with Gasteiger partial charge in [0.15, 0.2) is 0 Å². The maximum absolute atomic E-state index is 8.74. The molecule has 0 unspecified atom stereocenters. The molecule has 4 aromatic heterocycles. The lowest BCUT2D eigenvalue weighted by atomic mass is 9.88. The SMILES string of the molecule is [2H]C([2H])(c1csc2c(-c3cccc4c3oc3nc(C)ccc34)nccc12)C(C)(C)C. The topological polar surface area (TPSA) is 38.9 Å². The van der Waals surface area contributed by atoms with Gasteiger partial charge >= 0.3 is 0 Å². The van der Waals surface area contributed by atoms with Gasteiger partial charge < -0.3 is 4.42 Å². The predicted molar refractivity (Wildman–Crippen MR) is 118 cm³/mol. The first kappa shape index (κ1) is 15.2. The molecule has 0 fully saturated rings. The smallest absolute Gasteiger partial charge is 0.227 e. The molecule has 0 bridgehead atoms. The zero-order valence-electron chi connectivity index (χ0n) is 18.3. The van der Waals surface area contributed by atoms with E-state index in [1.165, 1.54) is 11.3 Å². The molecule has 0 aliphatic rings. The fraction of sp³-hybridized carbons (Fsp3) is 0.250. The van der Waals surface area contributed by atoms with Crippen molar-refractivity contribution in [3.8, 4) is 11.3 Å². The second-order valence-corrected chi connectivity index (χ2v) is 9.03. The van der Waals surface area contributed by atoms with E-state index in [0.717, 1.165) is 43.4 Å². The van der Waals surface area contributed by atoms with Crippen LogP contribution in [0.2, 0.25) is 0 Å². The van der Waals surface area contributed by atoms with Gasteiger partial charge in [-0.15, -0.1) is 11.3 Å². The molecule has 0 amide bonds. The van der Waals surface area contributed by atoms with Gasteiger partial charge in [-0.05, 0) is 59.3 Å². The Morgan fingerprint density at radius 2 is 1.93 bits per heavy atom. The number of aromatic nitrogens is 2. The highest BCUT2D eigenvalue weighted by Crippen LogP contribution is 2.40. The molecule has 5 rings (SSSR count). The number of pyridine rings is 2. The molecule has 0 aliphatic heterocycles. The maximum Gasteiger partial charge on any atom is 0.227 e. The standard InChI is InChI=1S/C24H22N2OS/c1-14-8-9-18-17-6-5-7-19(21(17)27-23(18)26-14)20-22-16(10-11-25-20)15(13-28-22)12-24(2,3)4/h5-11,13H,12H2,1-4H3/i12D2. The Morgan fingerprint density at radius 3 is 2.75 bits per heavy atom. The van der Waals surface area contributed by atoms with E-state index in [-0.39, 0.29) is 0 Å². The van der Waals surface area contributed by atoms with Gasteiger partial charge in [-0.2, -0.15) is 0 Å². The fourth-order valence-corrected chi connectivity index (χ4v) is 4.61. The zero-order valence-corrected chi connectivity index (χ0v) is 17.1. The van der Waals surface area contributed by atoms with E-state index >= 15 is 0 Å². The molecule has 5 aromatic rings. The summed E-state index contributed by atoms with van der Waals surface area (Å²) in [6.45, 7) is 7.75. The maximum atomic E-state index is 8.74. The molecule has 0 radical (unpaired) electrons. The molecular formula is C24H22N2OS. The van der Waals surface area contributed by atoms with Gasteiger partial charge in [-0.25, -0.2) is 4.98 Å². The van der Waals surface area contributed by atoms with Crippen molar-refractivity contribution in [2.75, 3.05) is 0 Å². The third kappa shape index (κ3) is 2.80. The highest BCUT2D eigenvalue weighted by Gasteiger charge is 2.19. The van der Waals surface area contributed by atoms with Crippen LogP contribution in [0, 0.1) is 12.3 Å². The molecule has 4 heterocycles. The molecule has 1 aromatic carbocycles. The first-order valence-electron chi connectivity index (χ1n) is 10.3. The van der Waals surface area contributed by atoms with Crippen LogP contribution < -0.4 is 0 Å². The molecule has 0 atom stereocenters. The molecule has 0 N–H and O–H groups in total. The van der Waals surface area contributed by atoms with Crippen molar-refractivity contribution in [2.24, 2.45) is 5.41 Å². The normalized spacial score (nSPS) is 14.0. The Kier molecular flexibility index (Phi) is 3.34. The Bertz CT molecular complexity index is 1430. The summed E-state index contributed by atoms with van der Waals surface area (Å²) >= 11 is 1.54. The molecule has 0 saturated carbocycles. The monoisotopic (exact) mass is 388 g/mol. The van der Waals surface area contributed by atoms with Crippen molar-refractivity contribution < 1.29 is 7.16 Å². The highest BCUT2D eigenvalue weighted by molar-refractivity contribution is 7.18. The molecule has 28 heavy (non-hydrogen) atoms. The zero-order chi connectivity index (χ0) is 21.3. The number of aryl methyl sites for hydroxylation is 1. The molecular weight excluding hydrogens is 364 g/mol. The predicted octanol–water partition coefficient (Wildman–Crippen LogP) is 7.15. The highest BCUT2D eigenvalue weighted by atomic mass is 32.1. The van der Waals surface area contributed by atoms with Gasteiger partial charge in [-0.1, -0.05) is 32.9 Å². The minimum Gasteiger partial charge on any atom is -0.437 e. The Morgan fingerprint density at radius 1 is 1.07 bits per heavy atom. The first-order chi connectivity index (χ1) is 14.2. The van der Waals surface area contributed by atoms with Crippen LogP contribution in [0.1, 0.15) is 34.8 Å². The molecule has 3 nitrogen and oxygen atoms in total. The number of benzene rings is 1. The lowest BCUT2D eigenvalue weighted by Gasteiger charge is -2.17. The molecule has 4 heteroatoms. The van der Waals surface area contributed by atoms with E-state index in [2.05, 4.69) is 9.97 Å². The Balaban J connectivity index is 1.79. The van der Waals surface area contributed by atoms with Gasteiger partial charge in [0.25, 0.3) is 0 Å². The number of furan rings is 1. The lowest BCUT2D eigenvalue weighted by molar-refractivity contribution is 0.413. The summed E-state index contributed by atoms with van der Waals surface area (Å²) < 4.78 is 24.6. The van der Waals surface area contributed by atoms with Gasteiger partial charge in [0.2, 0.25) is 5.71 Å². The van der Waals surface area contributed by atoms with E-state index in [1.54, 1.807) is 6.20 Å². The first-order valence-corrected chi connectivity index (χ1v) is 10.2. The van der Waals surface area contributed by atoms with Crippen molar-refractivity contribution in [2.45, 2.75) is 34.1 Å². The summed E-state index contributed by atoms with van der Waals surface area (Å²) in [7, 11) is 0.